The summed E-state index contributed by atoms with van der Waals surface area (Å²) in [6.45, 7) is 4.38. The number of pyridine rings is 1. The second-order valence-electron chi connectivity index (χ2n) is 6.36. The highest BCUT2D eigenvalue weighted by Crippen LogP contribution is 2.37. The molecule has 0 spiro atoms. The summed E-state index contributed by atoms with van der Waals surface area (Å²) in [4.78, 5) is 4.24. The van der Waals surface area contributed by atoms with E-state index in [-0.39, 0.29) is 6.10 Å². The summed E-state index contributed by atoms with van der Waals surface area (Å²) in [5.41, 5.74) is 3.37. The zero-order valence-electron chi connectivity index (χ0n) is 12.4. The maximum Gasteiger partial charge on any atom is 0.0995 e. The Hall–Kier alpha value is -1.35. The molecule has 3 rings (SSSR count). The van der Waals surface area contributed by atoms with Gasteiger partial charge in [0.15, 0.2) is 0 Å². The van der Waals surface area contributed by atoms with Gasteiger partial charge in [0.1, 0.15) is 0 Å². The van der Waals surface area contributed by atoms with Gasteiger partial charge in [0.25, 0.3) is 0 Å². The first-order valence-electron chi connectivity index (χ1n) is 7.81. The Bertz CT molecular complexity index is 582. The highest BCUT2D eigenvalue weighted by molar-refractivity contribution is 5.49. The predicted molar refractivity (Wildman–Crippen MR) is 80.8 cm³/mol. The van der Waals surface area contributed by atoms with Crippen LogP contribution in [0.4, 0.5) is 0 Å². The average molecular weight is 272 g/mol. The quantitative estimate of drug-likeness (QED) is 0.914. The lowest BCUT2D eigenvalue weighted by Gasteiger charge is -2.29. The van der Waals surface area contributed by atoms with Gasteiger partial charge in [-0.15, -0.1) is 0 Å². The number of aliphatic hydroxyl groups excluding tert-OH is 1. The number of imidazole rings is 1. The molecule has 0 aromatic carbocycles. The number of aromatic nitrogens is 2. The molecular formula is C17H24N2O. The average Bonchev–Trinajstić information content (AvgIpc) is 2.94. The zero-order valence-corrected chi connectivity index (χ0v) is 12.4. The van der Waals surface area contributed by atoms with Crippen LogP contribution >= 0.6 is 0 Å². The molecule has 1 fully saturated rings. The zero-order chi connectivity index (χ0) is 14.1. The monoisotopic (exact) mass is 272 g/mol. The Labute approximate surface area is 120 Å². The van der Waals surface area contributed by atoms with Gasteiger partial charge in [0, 0.05) is 0 Å². The van der Waals surface area contributed by atoms with Gasteiger partial charge >= 0.3 is 0 Å². The molecule has 3 nitrogen and oxygen atoms in total. The summed E-state index contributed by atoms with van der Waals surface area (Å²) in [5.74, 6) is 0.810. The van der Waals surface area contributed by atoms with Gasteiger partial charge in [0.05, 0.1) is 29.8 Å². The van der Waals surface area contributed by atoms with E-state index in [9.17, 15) is 5.11 Å². The summed E-state index contributed by atoms with van der Waals surface area (Å²) >= 11 is 0. The van der Waals surface area contributed by atoms with Crippen LogP contribution in [0, 0.1) is 5.92 Å². The minimum atomic E-state index is -0.370. The smallest absolute Gasteiger partial charge is 0.0995 e. The van der Waals surface area contributed by atoms with Crippen LogP contribution in [0.15, 0.2) is 24.7 Å². The minimum Gasteiger partial charge on any atom is -0.387 e. The lowest BCUT2D eigenvalue weighted by molar-refractivity contribution is 0.0790. The van der Waals surface area contributed by atoms with Crippen molar-refractivity contribution in [3.05, 3.63) is 35.9 Å². The standard InChI is InChI=1S/C17H24N2O/c1-12(2)15-9-8-14-10-18-11-19(14)16(15)17(20)13-6-4-3-5-7-13/h8-13,17,20H,3-7H2,1-2H3. The molecule has 1 aliphatic rings. The highest BCUT2D eigenvalue weighted by Gasteiger charge is 2.27. The van der Waals surface area contributed by atoms with Gasteiger partial charge < -0.3 is 9.51 Å². The van der Waals surface area contributed by atoms with Crippen molar-refractivity contribution in [1.29, 1.82) is 0 Å². The molecule has 1 atom stereocenters. The lowest BCUT2D eigenvalue weighted by Crippen LogP contribution is -2.20. The van der Waals surface area contributed by atoms with E-state index in [0.717, 1.165) is 24.1 Å². The van der Waals surface area contributed by atoms with Crippen LogP contribution in [-0.4, -0.2) is 14.5 Å². The molecule has 2 aromatic rings. The van der Waals surface area contributed by atoms with E-state index in [1.165, 1.54) is 24.8 Å². The Morgan fingerprint density at radius 1 is 1.20 bits per heavy atom. The molecule has 0 aliphatic heterocycles. The summed E-state index contributed by atoms with van der Waals surface area (Å²) in [7, 11) is 0. The molecule has 1 saturated carbocycles. The Morgan fingerprint density at radius 2 is 1.95 bits per heavy atom. The van der Waals surface area contributed by atoms with Crippen LogP contribution in [0.2, 0.25) is 0 Å². The van der Waals surface area contributed by atoms with Crippen LogP contribution in [0.25, 0.3) is 5.52 Å². The third kappa shape index (κ3) is 2.35. The molecule has 0 radical (unpaired) electrons. The third-order valence-electron chi connectivity index (χ3n) is 4.65. The van der Waals surface area contributed by atoms with Crippen molar-refractivity contribution in [3.63, 3.8) is 0 Å². The van der Waals surface area contributed by atoms with Crippen LogP contribution in [0.5, 0.6) is 0 Å². The van der Waals surface area contributed by atoms with Crippen molar-refractivity contribution < 1.29 is 5.11 Å². The second kappa shape index (κ2) is 5.57. The van der Waals surface area contributed by atoms with E-state index in [1.807, 2.05) is 12.5 Å². The molecule has 2 aromatic heterocycles. The maximum absolute atomic E-state index is 10.9. The van der Waals surface area contributed by atoms with Gasteiger partial charge in [-0.3, -0.25) is 0 Å². The normalized spacial score (nSPS) is 18.8. The Morgan fingerprint density at radius 3 is 2.65 bits per heavy atom. The largest absolute Gasteiger partial charge is 0.387 e. The second-order valence-corrected chi connectivity index (χ2v) is 6.36. The van der Waals surface area contributed by atoms with Gasteiger partial charge in [-0.2, -0.15) is 0 Å². The maximum atomic E-state index is 10.9. The van der Waals surface area contributed by atoms with E-state index in [0.29, 0.717) is 11.8 Å². The summed E-state index contributed by atoms with van der Waals surface area (Å²) < 4.78 is 2.08. The van der Waals surface area contributed by atoms with E-state index in [2.05, 4.69) is 35.4 Å². The van der Waals surface area contributed by atoms with E-state index < -0.39 is 0 Å². The van der Waals surface area contributed by atoms with Crippen LogP contribution < -0.4 is 0 Å². The molecule has 20 heavy (non-hydrogen) atoms. The number of rotatable bonds is 3. The van der Waals surface area contributed by atoms with Gasteiger partial charge in [-0.1, -0.05) is 39.2 Å². The van der Waals surface area contributed by atoms with Crippen molar-refractivity contribution in [3.8, 4) is 0 Å². The molecule has 108 valence electrons. The summed E-state index contributed by atoms with van der Waals surface area (Å²) in [6, 6.07) is 4.25. The number of nitrogens with zero attached hydrogens (tertiary/aromatic N) is 2. The van der Waals surface area contributed by atoms with Crippen LogP contribution in [0.3, 0.4) is 0 Å². The van der Waals surface area contributed by atoms with Crippen molar-refractivity contribution in [1.82, 2.24) is 9.38 Å². The Balaban J connectivity index is 2.06. The van der Waals surface area contributed by atoms with Crippen molar-refractivity contribution in [2.24, 2.45) is 5.92 Å². The molecule has 2 heterocycles. The SMILES string of the molecule is CC(C)c1ccc2cncn2c1C(O)C1CCCCC1. The molecule has 1 aliphatic carbocycles. The fourth-order valence-electron chi connectivity index (χ4n) is 3.50. The number of hydrogen-bond donors (Lipinski definition) is 1. The molecule has 0 saturated heterocycles. The topological polar surface area (TPSA) is 37.5 Å². The highest BCUT2D eigenvalue weighted by atomic mass is 16.3. The fraction of sp³-hybridized carbons (Fsp3) is 0.588. The first kappa shape index (κ1) is 13.6. The molecule has 0 bridgehead atoms. The number of aliphatic hydroxyl groups is 1. The van der Waals surface area contributed by atoms with E-state index in [1.54, 1.807) is 0 Å². The molecule has 0 amide bonds. The van der Waals surface area contributed by atoms with Crippen molar-refractivity contribution in [2.75, 3.05) is 0 Å². The molecular weight excluding hydrogens is 248 g/mol. The minimum absolute atomic E-state index is 0.370. The van der Waals surface area contributed by atoms with Crippen molar-refractivity contribution >= 4 is 5.52 Å². The van der Waals surface area contributed by atoms with Gasteiger partial charge in [-0.25, -0.2) is 4.98 Å². The van der Waals surface area contributed by atoms with Crippen LogP contribution in [0.1, 0.15) is 69.2 Å². The van der Waals surface area contributed by atoms with Crippen LogP contribution in [-0.2, 0) is 0 Å². The molecule has 3 heteroatoms. The summed E-state index contributed by atoms with van der Waals surface area (Å²) in [6.07, 6.45) is 9.43. The first-order valence-corrected chi connectivity index (χ1v) is 7.81. The lowest BCUT2D eigenvalue weighted by atomic mass is 9.82. The first-order chi connectivity index (χ1) is 9.68. The van der Waals surface area contributed by atoms with Crippen molar-refractivity contribution in [2.45, 2.75) is 58.0 Å². The third-order valence-corrected chi connectivity index (χ3v) is 4.65. The molecule has 1 N–H and O–H groups in total. The Kier molecular flexibility index (Phi) is 3.79. The van der Waals surface area contributed by atoms with E-state index >= 15 is 0 Å². The summed E-state index contributed by atoms with van der Waals surface area (Å²) in [5, 5.41) is 10.9. The van der Waals surface area contributed by atoms with Gasteiger partial charge in [-0.05, 0) is 36.3 Å². The number of fused-ring (bicyclic) bond motifs is 1. The molecule has 1 unspecified atom stereocenters. The predicted octanol–water partition coefficient (Wildman–Crippen LogP) is 4.07. The van der Waals surface area contributed by atoms with Gasteiger partial charge in [0.2, 0.25) is 0 Å². The van der Waals surface area contributed by atoms with E-state index in [4.69, 9.17) is 0 Å². The fourth-order valence-corrected chi connectivity index (χ4v) is 3.50. The number of hydrogen-bond acceptors (Lipinski definition) is 2.